The SMILES string of the molecule is c1ccc(N2CCOCC3(CCCN(c4nncs4)C3)C2)nc1. The van der Waals surface area contributed by atoms with Gasteiger partial charge in [0.05, 0.1) is 13.2 Å². The minimum atomic E-state index is 0.137. The number of ether oxygens (including phenoxy) is 1. The fraction of sp³-hybridized carbons (Fsp3) is 0.562. The minimum Gasteiger partial charge on any atom is -0.379 e. The van der Waals surface area contributed by atoms with Crippen molar-refractivity contribution in [2.24, 2.45) is 5.41 Å². The minimum absolute atomic E-state index is 0.137. The van der Waals surface area contributed by atoms with Crippen molar-refractivity contribution in [3.8, 4) is 0 Å². The molecule has 0 radical (unpaired) electrons. The Hall–Kier alpha value is -1.73. The number of anilines is 2. The number of hydrogen-bond donors (Lipinski definition) is 0. The van der Waals surface area contributed by atoms with Crippen LogP contribution in [0.2, 0.25) is 0 Å². The molecule has 2 aliphatic rings. The monoisotopic (exact) mass is 331 g/mol. The standard InChI is InChI=1S/C16H21N5OS/c1-2-6-17-14(4-1)20-8-9-22-12-16(10-20)5-3-7-21(11-16)15-19-18-13-23-15/h1-2,4,6,13H,3,5,7-12H2. The van der Waals surface area contributed by atoms with E-state index in [0.717, 1.165) is 50.3 Å². The summed E-state index contributed by atoms with van der Waals surface area (Å²) >= 11 is 1.62. The summed E-state index contributed by atoms with van der Waals surface area (Å²) in [5, 5.41) is 9.26. The Balaban J connectivity index is 1.56. The third-order valence-corrected chi connectivity index (χ3v) is 5.44. The molecule has 6 nitrogen and oxygen atoms in total. The zero-order valence-corrected chi connectivity index (χ0v) is 13.9. The van der Waals surface area contributed by atoms with Crippen molar-refractivity contribution in [2.45, 2.75) is 12.8 Å². The van der Waals surface area contributed by atoms with Gasteiger partial charge >= 0.3 is 0 Å². The Morgan fingerprint density at radius 3 is 2.96 bits per heavy atom. The third-order valence-electron chi connectivity index (χ3n) is 4.69. The molecule has 4 rings (SSSR count). The Morgan fingerprint density at radius 1 is 1.17 bits per heavy atom. The largest absolute Gasteiger partial charge is 0.379 e. The molecule has 0 saturated carbocycles. The summed E-state index contributed by atoms with van der Waals surface area (Å²) in [7, 11) is 0. The van der Waals surface area contributed by atoms with E-state index in [4.69, 9.17) is 4.74 Å². The molecule has 4 heterocycles. The van der Waals surface area contributed by atoms with Gasteiger partial charge in [-0.15, -0.1) is 10.2 Å². The zero-order chi connectivity index (χ0) is 15.5. The molecular weight excluding hydrogens is 310 g/mol. The van der Waals surface area contributed by atoms with Gasteiger partial charge in [0.1, 0.15) is 11.3 Å². The molecule has 1 unspecified atom stereocenters. The second-order valence-corrected chi connectivity index (χ2v) is 7.22. The number of hydrogen-bond acceptors (Lipinski definition) is 7. The highest BCUT2D eigenvalue weighted by molar-refractivity contribution is 7.13. The lowest BCUT2D eigenvalue weighted by Crippen LogP contribution is -2.51. The summed E-state index contributed by atoms with van der Waals surface area (Å²) in [6.45, 7) is 5.49. The maximum absolute atomic E-state index is 5.98. The van der Waals surface area contributed by atoms with Gasteiger partial charge in [0.15, 0.2) is 0 Å². The fourth-order valence-electron chi connectivity index (χ4n) is 3.65. The zero-order valence-electron chi connectivity index (χ0n) is 13.1. The molecule has 1 spiro atoms. The van der Waals surface area contributed by atoms with Crippen molar-refractivity contribution in [2.75, 3.05) is 49.2 Å². The molecule has 0 bridgehead atoms. The van der Waals surface area contributed by atoms with E-state index in [9.17, 15) is 0 Å². The van der Waals surface area contributed by atoms with Crippen LogP contribution in [0.25, 0.3) is 0 Å². The summed E-state index contributed by atoms with van der Waals surface area (Å²) in [6, 6.07) is 6.10. The summed E-state index contributed by atoms with van der Waals surface area (Å²) < 4.78 is 5.98. The first kappa shape index (κ1) is 14.8. The summed E-state index contributed by atoms with van der Waals surface area (Å²) in [4.78, 5) is 9.27. The van der Waals surface area contributed by atoms with Crippen LogP contribution in [-0.2, 0) is 4.74 Å². The third kappa shape index (κ3) is 3.16. The molecule has 0 aromatic carbocycles. The smallest absolute Gasteiger partial charge is 0.208 e. The van der Waals surface area contributed by atoms with Crippen molar-refractivity contribution in [3.05, 3.63) is 29.9 Å². The second kappa shape index (κ2) is 6.41. The van der Waals surface area contributed by atoms with E-state index in [1.165, 1.54) is 12.8 Å². The Bertz CT molecular complexity index is 623. The molecule has 122 valence electrons. The van der Waals surface area contributed by atoms with Crippen molar-refractivity contribution in [1.29, 1.82) is 0 Å². The van der Waals surface area contributed by atoms with Gasteiger partial charge < -0.3 is 14.5 Å². The molecule has 23 heavy (non-hydrogen) atoms. The molecule has 0 N–H and O–H groups in total. The highest BCUT2D eigenvalue weighted by Crippen LogP contribution is 2.36. The first-order valence-electron chi connectivity index (χ1n) is 8.10. The predicted molar refractivity (Wildman–Crippen MR) is 91.1 cm³/mol. The van der Waals surface area contributed by atoms with Crippen LogP contribution < -0.4 is 9.80 Å². The lowest BCUT2D eigenvalue weighted by atomic mass is 9.80. The first-order chi connectivity index (χ1) is 11.3. The number of piperidine rings is 1. The van der Waals surface area contributed by atoms with Crippen molar-refractivity contribution in [1.82, 2.24) is 15.2 Å². The van der Waals surface area contributed by atoms with E-state index in [-0.39, 0.29) is 5.41 Å². The molecule has 1 atom stereocenters. The van der Waals surface area contributed by atoms with Gasteiger partial charge in [0.25, 0.3) is 0 Å². The average molecular weight is 331 g/mol. The summed E-state index contributed by atoms with van der Waals surface area (Å²) in [5.41, 5.74) is 1.94. The van der Waals surface area contributed by atoms with E-state index in [0.29, 0.717) is 0 Å². The van der Waals surface area contributed by atoms with E-state index < -0.39 is 0 Å². The number of nitrogens with zero attached hydrogens (tertiary/aromatic N) is 5. The maximum Gasteiger partial charge on any atom is 0.208 e. The van der Waals surface area contributed by atoms with Crippen LogP contribution in [0, 0.1) is 5.41 Å². The van der Waals surface area contributed by atoms with Crippen molar-refractivity contribution >= 4 is 22.3 Å². The van der Waals surface area contributed by atoms with Crippen molar-refractivity contribution in [3.63, 3.8) is 0 Å². The molecule has 7 heteroatoms. The molecule has 2 aromatic rings. The Kier molecular flexibility index (Phi) is 4.13. The van der Waals surface area contributed by atoms with Gasteiger partial charge in [-0.05, 0) is 25.0 Å². The lowest BCUT2D eigenvalue weighted by molar-refractivity contribution is 0.0598. The lowest BCUT2D eigenvalue weighted by Gasteiger charge is -2.43. The van der Waals surface area contributed by atoms with E-state index >= 15 is 0 Å². The molecule has 0 aliphatic carbocycles. The number of rotatable bonds is 2. The van der Waals surface area contributed by atoms with Gasteiger partial charge in [0.2, 0.25) is 5.13 Å². The average Bonchev–Trinajstić information content (AvgIpc) is 3.06. The predicted octanol–water partition coefficient (Wildman–Crippen LogP) is 2.06. The first-order valence-corrected chi connectivity index (χ1v) is 8.98. The van der Waals surface area contributed by atoms with Crippen molar-refractivity contribution < 1.29 is 4.74 Å². The number of aromatic nitrogens is 3. The van der Waals surface area contributed by atoms with Crippen LogP contribution in [0.3, 0.4) is 0 Å². The van der Waals surface area contributed by atoms with Crippen LogP contribution in [0.5, 0.6) is 0 Å². The van der Waals surface area contributed by atoms with Crippen LogP contribution in [-0.4, -0.2) is 54.6 Å². The van der Waals surface area contributed by atoms with Crippen LogP contribution in [0.15, 0.2) is 29.9 Å². The van der Waals surface area contributed by atoms with Gasteiger partial charge in [-0.2, -0.15) is 0 Å². The Labute approximate surface area is 140 Å². The molecule has 2 aliphatic heterocycles. The highest BCUT2D eigenvalue weighted by Gasteiger charge is 2.40. The van der Waals surface area contributed by atoms with E-state index in [2.05, 4.69) is 37.1 Å². The van der Waals surface area contributed by atoms with Gasteiger partial charge in [-0.1, -0.05) is 17.4 Å². The quantitative estimate of drug-likeness (QED) is 0.839. The van der Waals surface area contributed by atoms with Gasteiger partial charge in [0, 0.05) is 37.8 Å². The van der Waals surface area contributed by atoms with Crippen LogP contribution in [0.1, 0.15) is 12.8 Å². The molecule has 2 fully saturated rings. The fourth-order valence-corrected chi connectivity index (χ4v) is 4.24. The number of pyridine rings is 1. The summed E-state index contributed by atoms with van der Waals surface area (Å²) in [5.74, 6) is 1.05. The second-order valence-electron chi connectivity index (χ2n) is 6.41. The van der Waals surface area contributed by atoms with Gasteiger partial charge in [-0.25, -0.2) is 4.98 Å². The molecule has 2 aromatic heterocycles. The molecule has 0 amide bonds. The van der Waals surface area contributed by atoms with E-state index in [1.807, 2.05) is 12.3 Å². The Morgan fingerprint density at radius 2 is 2.13 bits per heavy atom. The molecular formula is C16H21N5OS. The maximum atomic E-state index is 5.98. The molecule has 2 saturated heterocycles. The topological polar surface area (TPSA) is 54.4 Å². The normalized spacial score (nSPS) is 25.6. The van der Waals surface area contributed by atoms with E-state index in [1.54, 1.807) is 16.8 Å². The summed E-state index contributed by atoms with van der Waals surface area (Å²) in [6.07, 6.45) is 4.22. The highest BCUT2D eigenvalue weighted by atomic mass is 32.1. The van der Waals surface area contributed by atoms with Crippen LogP contribution >= 0.6 is 11.3 Å². The van der Waals surface area contributed by atoms with Gasteiger partial charge in [-0.3, -0.25) is 0 Å². The van der Waals surface area contributed by atoms with Crippen LogP contribution in [0.4, 0.5) is 10.9 Å².